The molecule has 1 amide bonds. The number of rotatable bonds is 5. The van der Waals surface area contributed by atoms with Crippen LogP contribution >= 0.6 is 50.5 Å². The normalized spacial score (nSPS) is 10.3. The lowest BCUT2D eigenvalue weighted by Gasteiger charge is -2.08. The van der Waals surface area contributed by atoms with Crippen molar-refractivity contribution in [3.63, 3.8) is 0 Å². The Bertz CT molecular complexity index is 618. The maximum Gasteiger partial charge on any atom is 0.258 e. The molecule has 0 saturated heterocycles. The first-order valence-electron chi connectivity index (χ1n) is 5.62. The Morgan fingerprint density at radius 1 is 1.35 bits per heavy atom. The van der Waals surface area contributed by atoms with Crippen molar-refractivity contribution in [2.75, 3.05) is 6.61 Å². The molecular formula is C13H10BrCl2NO2S. The van der Waals surface area contributed by atoms with Crippen LogP contribution in [0.1, 0.15) is 4.88 Å². The van der Waals surface area contributed by atoms with Crippen molar-refractivity contribution in [1.82, 2.24) is 5.32 Å². The molecule has 0 atom stereocenters. The highest BCUT2D eigenvalue weighted by Crippen LogP contribution is 2.27. The van der Waals surface area contributed by atoms with Gasteiger partial charge in [-0.25, -0.2) is 0 Å². The number of carbonyl (C=O) groups is 1. The Morgan fingerprint density at radius 2 is 2.15 bits per heavy atom. The summed E-state index contributed by atoms with van der Waals surface area (Å²) in [5.41, 5.74) is 0. The number of benzene rings is 1. The molecular weight excluding hydrogens is 385 g/mol. The summed E-state index contributed by atoms with van der Waals surface area (Å²) in [6.07, 6.45) is 0. The molecule has 0 radical (unpaired) electrons. The highest BCUT2D eigenvalue weighted by atomic mass is 79.9. The maximum atomic E-state index is 11.7. The number of carbonyl (C=O) groups excluding carboxylic acids is 1. The van der Waals surface area contributed by atoms with Crippen molar-refractivity contribution in [3.8, 4) is 5.75 Å². The molecule has 2 rings (SSSR count). The van der Waals surface area contributed by atoms with E-state index in [0.29, 0.717) is 22.3 Å². The molecule has 0 aliphatic rings. The zero-order chi connectivity index (χ0) is 14.5. The Morgan fingerprint density at radius 3 is 2.85 bits per heavy atom. The molecule has 20 heavy (non-hydrogen) atoms. The van der Waals surface area contributed by atoms with Crippen molar-refractivity contribution in [1.29, 1.82) is 0 Å². The van der Waals surface area contributed by atoms with E-state index >= 15 is 0 Å². The third-order valence-electron chi connectivity index (χ3n) is 2.33. The van der Waals surface area contributed by atoms with Gasteiger partial charge in [-0.1, -0.05) is 23.2 Å². The first-order valence-corrected chi connectivity index (χ1v) is 8.05. The zero-order valence-electron chi connectivity index (χ0n) is 10.2. The molecule has 0 saturated carbocycles. The van der Waals surface area contributed by atoms with Crippen molar-refractivity contribution >= 4 is 56.4 Å². The number of hydrogen-bond donors (Lipinski definition) is 1. The standard InChI is InChI=1S/C13H10BrCl2NO2S/c14-8-3-10(20-7-8)5-17-13(18)6-19-12-4-9(15)1-2-11(12)16/h1-4,7H,5-6H2,(H,17,18). The van der Waals surface area contributed by atoms with Crippen LogP contribution in [0.25, 0.3) is 0 Å². The van der Waals surface area contributed by atoms with Gasteiger partial charge in [-0.05, 0) is 34.1 Å². The van der Waals surface area contributed by atoms with Crippen LogP contribution in [0.3, 0.4) is 0 Å². The SMILES string of the molecule is O=C(COc1cc(Cl)ccc1Cl)NCc1cc(Br)cs1. The van der Waals surface area contributed by atoms with Crippen LogP contribution in [0, 0.1) is 0 Å². The third kappa shape index (κ3) is 4.66. The number of nitrogens with one attached hydrogen (secondary N) is 1. The predicted molar refractivity (Wildman–Crippen MR) is 85.8 cm³/mol. The van der Waals surface area contributed by atoms with E-state index in [-0.39, 0.29) is 12.5 Å². The van der Waals surface area contributed by atoms with Crippen LogP contribution in [0.4, 0.5) is 0 Å². The predicted octanol–water partition coefficient (Wildman–Crippen LogP) is 4.51. The molecule has 1 aromatic carbocycles. The van der Waals surface area contributed by atoms with Crippen molar-refractivity contribution < 1.29 is 9.53 Å². The summed E-state index contributed by atoms with van der Waals surface area (Å²) < 4.78 is 6.35. The van der Waals surface area contributed by atoms with Crippen molar-refractivity contribution in [2.24, 2.45) is 0 Å². The van der Waals surface area contributed by atoms with E-state index in [0.717, 1.165) is 9.35 Å². The van der Waals surface area contributed by atoms with Crippen LogP contribution in [-0.2, 0) is 11.3 Å². The van der Waals surface area contributed by atoms with Gasteiger partial charge in [0.25, 0.3) is 5.91 Å². The maximum absolute atomic E-state index is 11.7. The second-order valence-corrected chi connectivity index (χ2v) is 6.63. The number of thiophene rings is 1. The Labute approximate surface area is 139 Å². The first kappa shape index (κ1) is 15.6. The van der Waals surface area contributed by atoms with Gasteiger partial charge in [0.2, 0.25) is 0 Å². The molecule has 3 nitrogen and oxygen atoms in total. The van der Waals surface area contributed by atoms with Crippen LogP contribution < -0.4 is 10.1 Å². The van der Waals surface area contributed by atoms with Gasteiger partial charge in [-0.15, -0.1) is 11.3 Å². The average Bonchev–Trinajstić information content (AvgIpc) is 2.83. The van der Waals surface area contributed by atoms with Gasteiger partial charge in [0.1, 0.15) is 5.75 Å². The summed E-state index contributed by atoms with van der Waals surface area (Å²) in [7, 11) is 0. The number of amides is 1. The molecule has 1 heterocycles. The Hall–Kier alpha value is -0.750. The highest BCUT2D eigenvalue weighted by Gasteiger charge is 2.07. The largest absolute Gasteiger partial charge is 0.482 e. The molecule has 0 aliphatic carbocycles. The van der Waals surface area contributed by atoms with E-state index in [1.54, 1.807) is 29.5 Å². The minimum absolute atomic E-state index is 0.105. The van der Waals surface area contributed by atoms with E-state index < -0.39 is 0 Å². The summed E-state index contributed by atoms with van der Waals surface area (Å²) in [6, 6.07) is 6.82. The fourth-order valence-corrected chi connectivity index (χ4v) is 3.14. The lowest BCUT2D eigenvalue weighted by molar-refractivity contribution is -0.123. The van der Waals surface area contributed by atoms with E-state index in [1.165, 1.54) is 0 Å². The topological polar surface area (TPSA) is 38.3 Å². The second-order valence-electron chi connectivity index (χ2n) is 3.87. The molecule has 0 spiro atoms. The second kappa shape index (κ2) is 7.31. The molecule has 106 valence electrons. The van der Waals surface area contributed by atoms with E-state index in [2.05, 4.69) is 21.2 Å². The molecule has 0 fully saturated rings. The zero-order valence-corrected chi connectivity index (χ0v) is 14.1. The van der Waals surface area contributed by atoms with Crippen molar-refractivity contribution in [3.05, 3.63) is 49.0 Å². The van der Waals surface area contributed by atoms with Crippen molar-refractivity contribution in [2.45, 2.75) is 6.54 Å². The Balaban J connectivity index is 1.81. The van der Waals surface area contributed by atoms with Gasteiger partial charge >= 0.3 is 0 Å². The summed E-state index contributed by atoms with van der Waals surface area (Å²) in [5.74, 6) is 0.179. The lowest BCUT2D eigenvalue weighted by atomic mass is 10.3. The summed E-state index contributed by atoms with van der Waals surface area (Å²) in [5, 5.41) is 5.66. The third-order valence-corrected chi connectivity index (χ3v) is 4.58. The van der Waals surface area contributed by atoms with Crippen LogP contribution in [0.15, 0.2) is 34.1 Å². The van der Waals surface area contributed by atoms with Gasteiger partial charge in [-0.3, -0.25) is 4.79 Å². The fourth-order valence-electron chi connectivity index (χ4n) is 1.41. The average molecular weight is 395 g/mol. The highest BCUT2D eigenvalue weighted by molar-refractivity contribution is 9.10. The molecule has 0 bridgehead atoms. The van der Waals surface area contributed by atoms with E-state index in [4.69, 9.17) is 27.9 Å². The number of hydrogen-bond acceptors (Lipinski definition) is 3. The van der Waals surface area contributed by atoms with E-state index in [1.807, 2.05) is 11.4 Å². The fraction of sp³-hybridized carbons (Fsp3) is 0.154. The molecule has 7 heteroatoms. The molecule has 2 aromatic rings. The van der Waals surface area contributed by atoms with Gasteiger partial charge in [0, 0.05) is 25.8 Å². The lowest BCUT2D eigenvalue weighted by Crippen LogP contribution is -2.28. The van der Waals surface area contributed by atoms with E-state index in [9.17, 15) is 4.79 Å². The van der Waals surface area contributed by atoms with Gasteiger partial charge in [0.05, 0.1) is 11.6 Å². The smallest absolute Gasteiger partial charge is 0.258 e. The minimum Gasteiger partial charge on any atom is -0.482 e. The van der Waals surface area contributed by atoms with Crippen LogP contribution in [-0.4, -0.2) is 12.5 Å². The molecule has 0 unspecified atom stereocenters. The molecule has 1 N–H and O–H groups in total. The van der Waals surface area contributed by atoms with Crippen LogP contribution in [0.5, 0.6) is 5.75 Å². The van der Waals surface area contributed by atoms with Gasteiger partial charge < -0.3 is 10.1 Å². The molecule has 1 aromatic heterocycles. The van der Waals surface area contributed by atoms with Crippen LogP contribution in [0.2, 0.25) is 10.0 Å². The number of ether oxygens (including phenoxy) is 1. The number of halogens is 3. The summed E-state index contributed by atoms with van der Waals surface area (Å²) >= 11 is 16.7. The molecule has 0 aliphatic heterocycles. The minimum atomic E-state index is -0.217. The summed E-state index contributed by atoms with van der Waals surface area (Å²) in [4.78, 5) is 12.7. The Kier molecular flexibility index (Phi) is 5.72. The monoisotopic (exact) mass is 393 g/mol. The first-order chi connectivity index (χ1) is 9.54. The van der Waals surface area contributed by atoms with Gasteiger partial charge in [-0.2, -0.15) is 0 Å². The summed E-state index contributed by atoms with van der Waals surface area (Å²) in [6.45, 7) is 0.369. The quantitative estimate of drug-likeness (QED) is 0.809. The van der Waals surface area contributed by atoms with Gasteiger partial charge in [0.15, 0.2) is 6.61 Å².